The lowest BCUT2D eigenvalue weighted by Crippen LogP contribution is -2.31. The molecule has 294 valence electrons. The van der Waals surface area contributed by atoms with E-state index in [1.807, 2.05) is 106 Å². The number of hydrogen-bond donors (Lipinski definition) is 1. The Labute approximate surface area is 331 Å². The molecule has 1 aliphatic heterocycles. The second-order valence-electron chi connectivity index (χ2n) is 15.5. The van der Waals surface area contributed by atoms with E-state index in [0.29, 0.717) is 42.6 Å². The van der Waals surface area contributed by atoms with Crippen molar-refractivity contribution in [2.24, 2.45) is 0 Å². The topological polar surface area (TPSA) is 99.6 Å². The molecule has 5 aromatic rings. The first-order valence-corrected chi connectivity index (χ1v) is 19.3. The van der Waals surface area contributed by atoms with Crippen molar-refractivity contribution < 1.29 is 33.6 Å². The maximum absolute atomic E-state index is 13.7. The summed E-state index contributed by atoms with van der Waals surface area (Å²) in [6.07, 6.45) is -0.317. The first kappa shape index (κ1) is 40.3. The van der Waals surface area contributed by atoms with Gasteiger partial charge in [-0.15, -0.1) is 0 Å². The van der Waals surface area contributed by atoms with Gasteiger partial charge < -0.3 is 33.7 Å². The summed E-state index contributed by atoms with van der Waals surface area (Å²) in [6.45, 7) is 11.7. The average molecular weight is 759 g/mol. The van der Waals surface area contributed by atoms with Gasteiger partial charge in [0.25, 0.3) is 0 Å². The lowest BCUT2D eigenvalue weighted by molar-refractivity contribution is -0.155. The predicted molar refractivity (Wildman–Crippen MR) is 218 cm³/mol. The number of esters is 1. The Morgan fingerprint density at radius 1 is 0.839 bits per heavy atom. The van der Waals surface area contributed by atoms with Gasteiger partial charge in [0.05, 0.1) is 46.2 Å². The average Bonchev–Trinajstić information content (AvgIpc) is 3.67. The summed E-state index contributed by atoms with van der Waals surface area (Å²) in [5.74, 6) is 2.08. The molecule has 2 atom stereocenters. The molecule has 0 radical (unpaired) electrons. The highest BCUT2D eigenvalue weighted by atomic mass is 16.6. The Bertz CT molecular complexity index is 2080. The lowest BCUT2D eigenvalue weighted by atomic mass is 9.84. The van der Waals surface area contributed by atoms with Crippen LogP contribution in [0, 0.1) is 0 Å². The molecule has 0 saturated heterocycles. The van der Waals surface area contributed by atoms with Gasteiger partial charge >= 0.3 is 5.97 Å². The minimum Gasteiger partial charge on any atom is -0.497 e. The number of ether oxygens (including phenoxy) is 5. The SMILES string of the molecule is COc1ccc(COCc2cc(OC)ccc2[C@H](O)c2nc(N(Cc3ccccc3)C(C)C)ccc2[C@@H](CC(=O)OC(C)(C)C)c2ccc3c(c2)OCC3)cc1. The van der Waals surface area contributed by atoms with Gasteiger partial charge in [0, 0.05) is 24.9 Å². The van der Waals surface area contributed by atoms with Crippen LogP contribution in [0.5, 0.6) is 17.2 Å². The fourth-order valence-electron chi connectivity index (χ4n) is 7.06. The molecule has 9 nitrogen and oxygen atoms in total. The molecule has 56 heavy (non-hydrogen) atoms. The van der Waals surface area contributed by atoms with E-state index >= 15 is 0 Å². The van der Waals surface area contributed by atoms with Crippen LogP contribution < -0.4 is 19.1 Å². The van der Waals surface area contributed by atoms with Crippen LogP contribution in [0.3, 0.4) is 0 Å². The van der Waals surface area contributed by atoms with Crippen LogP contribution in [-0.4, -0.2) is 48.5 Å². The molecule has 2 heterocycles. The normalized spacial score (nSPS) is 13.4. The number of pyridine rings is 1. The Morgan fingerprint density at radius 2 is 1.55 bits per heavy atom. The highest BCUT2D eigenvalue weighted by Crippen LogP contribution is 2.40. The predicted octanol–water partition coefficient (Wildman–Crippen LogP) is 9.11. The molecule has 0 bridgehead atoms. The maximum Gasteiger partial charge on any atom is 0.307 e. The lowest BCUT2D eigenvalue weighted by Gasteiger charge is -2.31. The molecule has 0 amide bonds. The van der Waals surface area contributed by atoms with E-state index in [4.69, 9.17) is 28.7 Å². The molecule has 0 saturated carbocycles. The zero-order chi connectivity index (χ0) is 39.8. The standard InChI is InChI=1S/C47H54N2O7/c1-31(2)49(28-32-11-9-8-10-12-32)43-22-21-40(41(27-44(50)56-47(3,4)5)35-16-15-34-23-24-55-42(34)26-35)45(48-43)46(51)39-20-19-38(53-7)25-36(39)30-54-29-33-13-17-37(52-6)18-14-33/h8-22,25-26,31,41,46,51H,23-24,27-30H2,1-7H3/t41-,46-/m0/s1. The number of carbonyl (C=O) groups excluding carboxylic acids is 1. The Morgan fingerprint density at radius 3 is 2.25 bits per heavy atom. The third kappa shape index (κ3) is 10.1. The summed E-state index contributed by atoms with van der Waals surface area (Å²) >= 11 is 0. The van der Waals surface area contributed by atoms with Gasteiger partial charge in [-0.05, 0) is 110 Å². The van der Waals surface area contributed by atoms with E-state index in [9.17, 15) is 9.90 Å². The fourth-order valence-corrected chi connectivity index (χ4v) is 7.06. The monoisotopic (exact) mass is 758 g/mol. The largest absolute Gasteiger partial charge is 0.497 e. The summed E-state index contributed by atoms with van der Waals surface area (Å²) in [5, 5.41) is 12.7. The number of rotatable bonds is 16. The second-order valence-corrected chi connectivity index (χ2v) is 15.5. The van der Waals surface area contributed by atoms with E-state index in [-0.39, 0.29) is 25.0 Å². The highest BCUT2D eigenvalue weighted by molar-refractivity contribution is 5.72. The van der Waals surface area contributed by atoms with Crippen LogP contribution in [0.25, 0.3) is 0 Å². The van der Waals surface area contributed by atoms with Crippen molar-refractivity contribution in [3.63, 3.8) is 0 Å². The molecule has 0 aliphatic carbocycles. The van der Waals surface area contributed by atoms with Crippen LogP contribution in [-0.2, 0) is 40.4 Å². The van der Waals surface area contributed by atoms with Crippen molar-refractivity contribution >= 4 is 11.8 Å². The molecule has 1 aliphatic rings. The Hall–Kier alpha value is -5.38. The van der Waals surface area contributed by atoms with E-state index in [0.717, 1.165) is 51.3 Å². The fraction of sp³-hybridized carbons (Fsp3) is 0.362. The van der Waals surface area contributed by atoms with Gasteiger partial charge in [0.2, 0.25) is 0 Å². The molecule has 1 aromatic heterocycles. The summed E-state index contributed by atoms with van der Waals surface area (Å²) < 4.78 is 29.1. The zero-order valence-electron chi connectivity index (χ0n) is 33.6. The first-order valence-electron chi connectivity index (χ1n) is 19.3. The van der Waals surface area contributed by atoms with E-state index in [1.165, 1.54) is 0 Å². The number of anilines is 1. The Kier molecular flexibility index (Phi) is 13.0. The molecular weight excluding hydrogens is 705 g/mol. The molecule has 0 unspecified atom stereocenters. The van der Waals surface area contributed by atoms with Crippen molar-refractivity contribution in [1.29, 1.82) is 0 Å². The molecule has 0 fully saturated rings. The van der Waals surface area contributed by atoms with Crippen LogP contribution in [0.2, 0.25) is 0 Å². The van der Waals surface area contributed by atoms with Crippen LogP contribution in [0.15, 0.2) is 103 Å². The number of aliphatic hydroxyl groups excluding tert-OH is 1. The van der Waals surface area contributed by atoms with Crippen molar-refractivity contribution in [3.8, 4) is 17.2 Å². The van der Waals surface area contributed by atoms with E-state index < -0.39 is 17.6 Å². The van der Waals surface area contributed by atoms with Gasteiger partial charge in [-0.3, -0.25) is 4.79 Å². The van der Waals surface area contributed by atoms with Gasteiger partial charge in [0.1, 0.15) is 34.8 Å². The van der Waals surface area contributed by atoms with Gasteiger partial charge in [0.15, 0.2) is 0 Å². The number of methoxy groups -OCH3 is 2. The zero-order valence-corrected chi connectivity index (χ0v) is 33.6. The number of nitrogens with zero attached hydrogens (tertiary/aromatic N) is 2. The van der Waals surface area contributed by atoms with Crippen LogP contribution >= 0.6 is 0 Å². The Balaban J connectivity index is 1.45. The van der Waals surface area contributed by atoms with Crippen LogP contribution in [0.4, 0.5) is 5.82 Å². The molecule has 4 aromatic carbocycles. The van der Waals surface area contributed by atoms with Crippen molar-refractivity contribution in [2.75, 3.05) is 25.7 Å². The third-order valence-corrected chi connectivity index (χ3v) is 9.93. The smallest absolute Gasteiger partial charge is 0.307 e. The summed E-state index contributed by atoms with van der Waals surface area (Å²) in [4.78, 5) is 21.2. The number of aliphatic hydroxyl groups is 1. The van der Waals surface area contributed by atoms with Gasteiger partial charge in [-0.2, -0.15) is 0 Å². The molecular formula is C47H54N2O7. The summed E-state index contributed by atoms with van der Waals surface area (Å²) in [7, 11) is 3.26. The summed E-state index contributed by atoms with van der Waals surface area (Å²) in [6, 6.07) is 33.8. The quantitative estimate of drug-likeness (QED) is 0.0989. The van der Waals surface area contributed by atoms with Gasteiger partial charge in [-0.1, -0.05) is 66.7 Å². The van der Waals surface area contributed by atoms with Gasteiger partial charge in [-0.25, -0.2) is 4.98 Å². The minimum absolute atomic E-state index is 0.0369. The number of carbonyl (C=O) groups is 1. The van der Waals surface area contributed by atoms with Crippen molar-refractivity contribution in [2.45, 2.75) is 90.9 Å². The number of aromatic nitrogens is 1. The minimum atomic E-state index is -1.19. The van der Waals surface area contributed by atoms with E-state index in [1.54, 1.807) is 14.2 Å². The molecule has 6 rings (SSSR count). The molecule has 9 heteroatoms. The number of fused-ring (bicyclic) bond motifs is 1. The van der Waals surface area contributed by atoms with Crippen LogP contribution in [0.1, 0.15) is 97.7 Å². The van der Waals surface area contributed by atoms with E-state index in [2.05, 4.69) is 36.9 Å². The van der Waals surface area contributed by atoms with Crippen molar-refractivity contribution in [3.05, 3.63) is 148 Å². The third-order valence-electron chi connectivity index (χ3n) is 9.93. The molecule has 1 N–H and O–H groups in total. The second kappa shape index (κ2) is 18.0. The maximum atomic E-state index is 13.7. The number of hydrogen-bond acceptors (Lipinski definition) is 9. The first-order chi connectivity index (χ1) is 26.9. The highest BCUT2D eigenvalue weighted by Gasteiger charge is 2.31. The summed E-state index contributed by atoms with van der Waals surface area (Å²) in [5.41, 5.74) is 6.00. The number of benzene rings is 4. The molecule has 0 spiro atoms. The van der Waals surface area contributed by atoms with Crippen molar-refractivity contribution in [1.82, 2.24) is 4.98 Å².